The number of rotatable bonds is 9. The van der Waals surface area contributed by atoms with E-state index in [1.807, 2.05) is 0 Å². The van der Waals surface area contributed by atoms with Gasteiger partial charge in [-0.25, -0.2) is 0 Å². The van der Waals surface area contributed by atoms with Crippen molar-refractivity contribution < 1.29 is 15.3 Å². The van der Waals surface area contributed by atoms with Crippen molar-refractivity contribution in [3.63, 3.8) is 0 Å². The molecule has 4 heteroatoms. The van der Waals surface area contributed by atoms with E-state index in [4.69, 9.17) is 15.3 Å². The van der Waals surface area contributed by atoms with E-state index in [9.17, 15) is 0 Å². The Hall–Kier alpha value is 0.310. The van der Waals surface area contributed by atoms with Crippen molar-refractivity contribution >= 4 is 7.26 Å². The predicted molar refractivity (Wildman–Crippen MR) is 61.8 cm³/mol. The van der Waals surface area contributed by atoms with Crippen molar-refractivity contribution in [2.45, 2.75) is 39.0 Å². The average molecular weight is 223 g/mol. The van der Waals surface area contributed by atoms with E-state index < -0.39 is 7.26 Å². The molecule has 0 bridgehead atoms. The first-order valence-corrected chi connectivity index (χ1v) is 7.95. The van der Waals surface area contributed by atoms with Gasteiger partial charge in [-0.15, -0.1) is 0 Å². The minimum atomic E-state index is -1.82. The molecule has 0 heterocycles. The first-order chi connectivity index (χ1) is 6.74. The van der Waals surface area contributed by atoms with Gasteiger partial charge in [0.2, 0.25) is 0 Å². The van der Waals surface area contributed by atoms with Crippen LogP contribution in [0.1, 0.15) is 39.0 Å². The molecule has 0 saturated heterocycles. The van der Waals surface area contributed by atoms with E-state index in [0.29, 0.717) is 0 Å². The smallest absolute Gasteiger partial charge is 0.158 e. The highest BCUT2D eigenvalue weighted by Crippen LogP contribution is 2.56. The van der Waals surface area contributed by atoms with Crippen LogP contribution in [0.15, 0.2) is 0 Å². The highest BCUT2D eigenvalue weighted by Gasteiger charge is 2.34. The Morgan fingerprint density at radius 2 is 1.29 bits per heavy atom. The van der Waals surface area contributed by atoms with E-state index in [2.05, 4.69) is 6.92 Å². The molecule has 3 N–H and O–H groups in total. The molecule has 0 rings (SSSR count). The van der Waals surface area contributed by atoms with Gasteiger partial charge in [0.05, 0.1) is 13.4 Å². The fourth-order valence-electron chi connectivity index (χ4n) is 1.40. The topological polar surface area (TPSA) is 60.7 Å². The molecule has 0 amide bonds. The number of hydrogen-bond donors (Lipinski definition) is 3. The molecule has 0 fully saturated rings. The zero-order valence-electron chi connectivity index (χ0n) is 9.15. The summed E-state index contributed by atoms with van der Waals surface area (Å²) in [6.07, 6.45) is 6.63. The molecule has 0 aliphatic heterocycles. The first-order valence-electron chi connectivity index (χ1n) is 5.42. The Labute approximate surface area is 87.5 Å². The molecule has 14 heavy (non-hydrogen) atoms. The molecule has 0 aliphatic rings. The lowest BCUT2D eigenvalue weighted by molar-refractivity contribution is 0.311. The van der Waals surface area contributed by atoms with Crippen LogP contribution in [0.3, 0.4) is 0 Å². The molecule has 0 aromatic rings. The van der Waals surface area contributed by atoms with Crippen molar-refractivity contribution in [1.29, 1.82) is 0 Å². The van der Waals surface area contributed by atoms with Gasteiger partial charge in [0.15, 0.2) is 19.0 Å². The quantitative estimate of drug-likeness (QED) is 0.413. The first kappa shape index (κ1) is 14.3. The van der Waals surface area contributed by atoms with Crippen LogP contribution < -0.4 is 0 Å². The highest BCUT2D eigenvalue weighted by atomic mass is 31.2. The summed E-state index contributed by atoms with van der Waals surface area (Å²) in [5.41, 5.74) is 0. The summed E-state index contributed by atoms with van der Waals surface area (Å²) in [4.78, 5) is 0. The van der Waals surface area contributed by atoms with Gasteiger partial charge in [-0.05, 0) is 12.8 Å². The van der Waals surface area contributed by atoms with Gasteiger partial charge in [0.1, 0.15) is 0 Å². The molecule has 86 valence electrons. The SMILES string of the molecule is CCCCCCC[P+](CO)(CO)CO. The van der Waals surface area contributed by atoms with Crippen molar-refractivity contribution in [2.75, 3.05) is 25.2 Å². The van der Waals surface area contributed by atoms with Crippen LogP contribution in [0.5, 0.6) is 0 Å². The Balaban J connectivity index is 3.61. The van der Waals surface area contributed by atoms with E-state index in [-0.39, 0.29) is 19.0 Å². The van der Waals surface area contributed by atoms with E-state index in [1.165, 1.54) is 19.3 Å². The maximum absolute atomic E-state index is 9.11. The lowest BCUT2D eigenvalue weighted by atomic mass is 10.2. The fourth-order valence-corrected chi connectivity index (χ4v) is 2.98. The van der Waals surface area contributed by atoms with Crippen molar-refractivity contribution in [3.05, 3.63) is 0 Å². The minimum absolute atomic E-state index is 0.0201. The number of aliphatic hydroxyl groups excluding tert-OH is 3. The molecule has 0 aromatic heterocycles. The number of aliphatic hydroxyl groups is 3. The Morgan fingerprint density at radius 1 is 0.786 bits per heavy atom. The Kier molecular flexibility index (Phi) is 8.80. The molecule has 0 unspecified atom stereocenters. The normalized spacial score (nSPS) is 12.0. The van der Waals surface area contributed by atoms with E-state index in [1.54, 1.807) is 0 Å². The standard InChI is InChI=1S/C10H24O3P/c1-2-3-4-5-6-7-14(8-11,9-12)10-13/h11-13H,2-10H2,1H3/q+1. The highest BCUT2D eigenvalue weighted by molar-refractivity contribution is 7.75. The second-order valence-corrected chi connectivity index (χ2v) is 7.88. The fraction of sp³-hybridized carbons (Fsp3) is 1.00. The van der Waals surface area contributed by atoms with Crippen molar-refractivity contribution in [1.82, 2.24) is 0 Å². The molecule has 0 atom stereocenters. The summed E-state index contributed by atoms with van der Waals surface area (Å²) in [6, 6.07) is 0. The van der Waals surface area contributed by atoms with Crippen LogP contribution in [0.25, 0.3) is 0 Å². The van der Waals surface area contributed by atoms with Gasteiger partial charge in [-0.3, -0.25) is 0 Å². The largest absolute Gasteiger partial charge is 0.362 e. The second kappa shape index (κ2) is 8.60. The molecule has 0 aromatic carbocycles. The van der Waals surface area contributed by atoms with Gasteiger partial charge in [0.25, 0.3) is 0 Å². The maximum Gasteiger partial charge on any atom is 0.158 e. The third-order valence-corrected chi connectivity index (χ3v) is 5.70. The van der Waals surface area contributed by atoms with Crippen molar-refractivity contribution in [3.8, 4) is 0 Å². The summed E-state index contributed by atoms with van der Waals surface area (Å²) >= 11 is 0. The molecule has 0 aliphatic carbocycles. The van der Waals surface area contributed by atoms with Gasteiger partial charge in [-0.2, -0.15) is 0 Å². The van der Waals surface area contributed by atoms with Crippen LogP contribution in [0.4, 0.5) is 0 Å². The Bertz CT molecular complexity index is 118. The summed E-state index contributed by atoms with van der Waals surface area (Å²) in [6.45, 7) is 2.17. The lowest BCUT2D eigenvalue weighted by Crippen LogP contribution is -2.11. The monoisotopic (exact) mass is 223 g/mol. The number of hydrogen-bond acceptors (Lipinski definition) is 3. The van der Waals surface area contributed by atoms with Crippen LogP contribution in [0.2, 0.25) is 0 Å². The third-order valence-electron chi connectivity index (χ3n) is 2.64. The lowest BCUT2D eigenvalue weighted by Gasteiger charge is -2.19. The van der Waals surface area contributed by atoms with Gasteiger partial charge in [0, 0.05) is 0 Å². The summed E-state index contributed by atoms with van der Waals surface area (Å²) in [5.74, 6) is 0. The minimum Gasteiger partial charge on any atom is -0.362 e. The van der Waals surface area contributed by atoms with Crippen LogP contribution in [-0.2, 0) is 0 Å². The molecule has 3 nitrogen and oxygen atoms in total. The van der Waals surface area contributed by atoms with Crippen molar-refractivity contribution in [2.24, 2.45) is 0 Å². The second-order valence-electron chi connectivity index (χ2n) is 3.90. The zero-order valence-corrected chi connectivity index (χ0v) is 10.0. The summed E-state index contributed by atoms with van der Waals surface area (Å²) in [5, 5.41) is 27.3. The predicted octanol–water partition coefficient (Wildman–Crippen LogP) is 1.82. The van der Waals surface area contributed by atoms with Crippen LogP contribution in [0, 0.1) is 0 Å². The maximum atomic E-state index is 9.11. The molecular weight excluding hydrogens is 199 g/mol. The zero-order chi connectivity index (χ0) is 10.9. The van der Waals surface area contributed by atoms with E-state index >= 15 is 0 Å². The molecule has 0 radical (unpaired) electrons. The summed E-state index contributed by atoms with van der Waals surface area (Å²) < 4.78 is 0. The van der Waals surface area contributed by atoms with Crippen LogP contribution >= 0.6 is 7.26 Å². The molecule has 0 spiro atoms. The van der Waals surface area contributed by atoms with Crippen LogP contribution in [-0.4, -0.2) is 40.5 Å². The average Bonchev–Trinajstić information content (AvgIpc) is 2.24. The van der Waals surface area contributed by atoms with Gasteiger partial charge >= 0.3 is 0 Å². The van der Waals surface area contributed by atoms with E-state index in [0.717, 1.165) is 19.0 Å². The van der Waals surface area contributed by atoms with Gasteiger partial charge < -0.3 is 15.3 Å². The number of unbranched alkanes of at least 4 members (excludes halogenated alkanes) is 4. The molecule has 0 saturated carbocycles. The third kappa shape index (κ3) is 5.26. The summed E-state index contributed by atoms with van der Waals surface area (Å²) in [7, 11) is -1.82. The van der Waals surface area contributed by atoms with Gasteiger partial charge in [-0.1, -0.05) is 26.2 Å². The Morgan fingerprint density at radius 3 is 1.71 bits per heavy atom. The molecular formula is C10H24O3P+.